The molecule has 0 atom stereocenters. The van der Waals surface area contributed by atoms with Crippen LogP contribution in [0.15, 0.2) is 60.7 Å². The summed E-state index contributed by atoms with van der Waals surface area (Å²) in [6.45, 7) is 3.91. The van der Waals surface area contributed by atoms with Crippen LogP contribution in [0.1, 0.15) is 23.6 Å². The lowest BCUT2D eigenvalue weighted by atomic mass is 9.99. The van der Waals surface area contributed by atoms with Gasteiger partial charge in [0.05, 0.1) is 17.0 Å². The van der Waals surface area contributed by atoms with E-state index >= 15 is 0 Å². The molecule has 3 aromatic carbocycles. The lowest BCUT2D eigenvalue weighted by molar-refractivity contribution is -0.110. The summed E-state index contributed by atoms with van der Waals surface area (Å²) in [5.74, 6) is 0.569. The van der Waals surface area contributed by atoms with Gasteiger partial charge in [0.2, 0.25) is 6.79 Å². The molecule has 0 saturated heterocycles. The molecule has 7 heteroatoms. The van der Waals surface area contributed by atoms with Crippen LogP contribution in [-0.4, -0.2) is 19.2 Å². The molecule has 0 unspecified atom stereocenters. The van der Waals surface area contributed by atoms with E-state index in [0.717, 1.165) is 29.9 Å². The first-order valence-corrected chi connectivity index (χ1v) is 10.4. The third kappa shape index (κ3) is 3.78. The standard InChI is InChI=1S/C25H22FN3O3/c1-2-27-13-15-3-7-18(8-4-15)28-24(16-5-10-21-22(11-16)32-14-31-21)23-19-9-6-17(26)12-20(19)29-25(23)30/h3-12,27-28H,2,13-14H2,1H3,(H,29,30). The van der Waals surface area contributed by atoms with E-state index in [1.54, 1.807) is 6.07 Å². The summed E-state index contributed by atoms with van der Waals surface area (Å²) in [6.07, 6.45) is 0. The fourth-order valence-corrected chi connectivity index (χ4v) is 3.84. The van der Waals surface area contributed by atoms with Crippen LogP contribution in [0, 0.1) is 5.82 Å². The highest BCUT2D eigenvalue weighted by Crippen LogP contribution is 2.40. The number of hydrogen-bond acceptors (Lipinski definition) is 5. The normalized spacial score (nSPS) is 15.4. The highest BCUT2D eigenvalue weighted by Gasteiger charge is 2.29. The molecule has 0 saturated carbocycles. The van der Waals surface area contributed by atoms with E-state index in [1.165, 1.54) is 12.1 Å². The van der Waals surface area contributed by atoms with E-state index < -0.39 is 5.82 Å². The van der Waals surface area contributed by atoms with Gasteiger partial charge < -0.3 is 25.4 Å². The average Bonchev–Trinajstić information content (AvgIpc) is 3.39. The molecule has 0 radical (unpaired) electrons. The van der Waals surface area contributed by atoms with Gasteiger partial charge in [-0.2, -0.15) is 0 Å². The summed E-state index contributed by atoms with van der Waals surface area (Å²) in [6, 6.07) is 17.8. The van der Waals surface area contributed by atoms with Crippen molar-refractivity contribution < 1.29 is 18.7 Å². The van der Waals surface area contributed by atoms with Crippen molar-refractivity contribution in [3.8, 4) is 11.5 Å². The Labute approximate surface area is 185 Å². The number of carbonyl (C=O) groups is 1. The smallest absolute Gasteiger partial charge is 0.258 e. The van der Waals surface area contributed by atoms with E-state index in [2.05, 4.69) is 22.9 Å². The molecular formula is C25H22FN3O3. The predicted molar refractivity (Wildman–Crippen MR) is 122 cm³/mol. The monoisotopic (exact) mass is 431 g/mol. The summed E-state index contributed by atoms with van der Waals surface area (Å²) in [4.78, 5) is 13.0. The van der Waals surface area contributed by atoms with Crippen LogP contribution in [0.25, 0.3) is 11.3 Å². The molecule has 0 aromatic heterocycles. The van der Waals surface area contributed by atoms with Crippen LogP contribution in [-0.2, 0) is 11.3 Å². The second kappa shape index (κ2) is 8.36. The topological polar surface area (TPSA) is 71.6 Å². The van der Waals surface area contributed by atoms with Crippen molar-refractivity contribution in [3.63, 3.8) is 0 Å². The van der Waals surface area contributed by atoms with Crippen molar-refractivity contribution in [2.24, 2.45) is 0 Å². The molecule has 3 N–H and O–H groups in total. The number of amides is 1. The summed E-state index contributed by atoms with van der Waals surface area (Å²) < 4.78 is 24.7. The van der Waals surface area contributed by atoms with E-state index in [4.69, 9.17) is 9.47 Å². The predicted octanol–water partition coefficient (Wildman–Crippen LogP) is 4.60. The molecule has 1 amide bonds. The van der Waals surface area contributed by atoms with E-state index in [1.807, 2.05) is 42.5 Å². The Morgan fingerprint density at radius 2 is 1.84 bits per heavy atom. The van der Waals surface area contributed by atoms with Gasteiger partial charge in [0.1, 0.15) is 5.82 Å². The Hall–Kier alpha value is -3.84. The molecule has 0 bridgehead atoms. The number of rotatable bonds is 6. The van der Waals surface area contributed by atoms with Crippen molar-refractivity contribution in [2.75, 3.05) is 24.0 Å². The van der Waals surface area contributed by atoms with Gasteiger partial charge in [-0.3, -0.25) is 4.79 Å². The number of nitrogens with one attached hydrogen (secondary N) is 3. The number of benzene rings is 3. The molecule has 0 fully saturated rings. The molecule has 5 rings (SSSR count). The number of halogens is 1. The van der Waals surface area contributed by atoms with Crippen LogP contribution in [0.4, 0.5) is 15.8 Å². The van der Waals surface area contributed by atoms with Gasteiger partial charge in [0, 0.05) is 23.4 Å². The van der Waals surface area contributed by atoms with Crippen molar-refractivity contribution in [2.45, 2.75) is 13.5 Å². The van der Waals surface area contributed by atoms with Gasteiger partial charge in [0.25, 0.3) is 5.91 Å². The summed E-state index contributed by atoms with van der Waals surface area (Å²) in [7, 11) is 0. The molecule has 2 aliphatic heterocycles. The fraction of sp³-hybridized carbons (Fsp3) is 0.160. The number of fused-ring (bicyclic) bond motifs is 2. The highest BCUT2D eigenvalue weighted by atomic mass is 19.1. The molecule has 0 spiro atoms. The number of anilines is 2. The quantitative estimate of drug-likeness (QED) is 0.498. The molecular weight excluding hydrogens is 409 g/mol. The maximum atomic E-state index is 13.7. The lowest BCUT2D eigenvalue weighted by Crippen LogP contribution is -2.12. The summed E-state index contributed by atoms with van der Waals surface area (Å²) in [5.41, 5.74) is 4.88. The lowest BCUT2D eigenvalue weighted by Gasteiger charge is -2.16. The van der Waals surface area contributed by atoms with Crippen LogP contribution >= 0.6 is 0 Å². The number of carbonyl (C=O) groups excluding carboxylic acids is 1. The van der Waals surface area contributed by atoms with Crippen molar-refractivity contribution in [3.05, 3.63) is 83.2 Å². The average molecular weight is 431 g/mol. The molecule has 2 aliphatic rings. The van der Waals surface area contributed by atoms with Gasteiger partial charge in [-0.25, -0.2) is 4.39 Å². The van der Waals surface area contributed by atoms with Gasteiger partial charge in [-0.15, -0.1) is 0 Å². The Kier molecular flexibility index (Phi) is 5.25. The van der Waals surface area contributed by atoms with Crippen LogP contribution in [0.2, 0.25) is 0 Å². The minimum atomic E-state index is -0.404. The zero-order chi connectivity index (χ0) is 22.1. The van der Waals surface area contributed by atoms with Crippen LogP contribution < -0.4 is 25.4 Å². The Morgan fingerprint density at radius 1 is 1.03 bits per heavy atom. The molecule has 0 aliphatic carbocycles. The SMILES string of the molecule is CCNCc1ccc(NC(=C2C(=O)Nc3cc(F)ccc32)c2ccc3c(c2)OCO3)cc1. The number of hydrogen-bond donors (Lipinski definition) is 3. The second-order valence-corrected chi connectivity index (χ2v) is 7.56. The minimum absolute atomic E-state index is 0.161. The van der Waals surface area contributed by atoms with E-state index in [9.17, 15) is 9.18 Å². The maximum Gasteiger partial charge on any atom is 0.258 e. The fourth-order valence-electron chi connectivity index (χ4n) is 3.84. The van der Waals surface area contributed by atoms with Gasteiger partial charge in [-0.1, -0.05) is 19.1 Å². The zero-order valence-electron chi connectivity index (χ0n) is 17.5. The first-order valence-electron chi connectivity index (χ1n) is 10.4. The third-order valence-electron chi connectivity index (χ3n) is 5.44. The molecule has 6 nitrogen and oxygen atoms in total. The van der Waals surface area contributed by atoms with Gasteiger partial charge >= 0.3 is 0 Å². The Morgan fingerprint density at radius 3 is 2.66 bits per heavy atom. The van der Waals surface area contributed by atoms with E-state index in [-0.39, 0.29) is 12.7 Å². The summed E-state index contributed by atoms with van der Waals surface area (Å²) >= 11 is 0. The van der Waals surface area contributed by atoms with Crippen LogP contribution in [0.3, 0.4) is 0 Å². The first kappa shape index (κ1) is 20.1. The summed E-state index contributed by atoms with van der Waals surface area (Å²) in [5, 5.41) is 9.48. The second-order valence-electron chi connectivity index (χ2n) is 7.56. The maximum absolute atomic E-state index is 13.7. The molecule has 162 valence electrons. The number of ether oxygens (including phenoxy) is 2. The minimum Gasteiger partial charge on any atom is -0.454 e. The van der Waals surface area contributed by atoms with Gasteiger partial charge in [0.15, 0.2) is 11.5 Å². The van der Waals surface area contributed by atoms with Crippen molar-refractivity contribution >= 4 is 28.6 Å². The zero-order valence-corrected chi connectivity index (χ0v) is 17.5. The van der Waals surface area contributed by atoms with E-state index in [0.29, 0.717) is 34.0 Å². The van der Waals surface area contributed by atoms with Crippen LogP contribution in [0.5, 0.6) is 11.5 Å². The first-order chi connectivity index (χ1) is 15.6. The molecule has 2 heterocycles. The molecule has 3 aromatic rings. The third-order valence-corrected chi connectivity index (χ3v) is 5.44. The van der Waals surface area contributed by atoms with Crippen molar-refractivity contribution in [1.29, 1.82) is 0 Å². The van der Waals surface area contributed by atoms with Crippen molar-refractivity contribution in [1.82, 2.24) is 5.32 Å². The Balaban J connectivity index is 1.59. The molecule has 32 heavy (non-hydrogen) atoms. The highest BCUT2D eigenvalue weighted by molar-refractivity contribution is 6.37. The Bertz CT molecular complexity index is 1220. The largest absolute Gasteiger partial charge is 0.454 e. The van der Waals surface area contributed by atoms with Gasteiger partial charge in [-0.05, 0) is 60.6 Å².